The second-order valence-electron chi connectivity index (χ2n) is 2.53. The second kappa shape index (κ2) is 2.56. The van der Waals surface area contributed by atoms with Crippen molar-refractivity contribution in [2.75, 3.05) is 0 Å². The standard InChI is InChI=1S/C6H6Br2N4/c1-3-5(7)11-10-4(2)6(8)12(11)9-3/h1-2H3. The average Bonchev–Trinajstić information content (AvgIpc) is 2.43. The first-order chi connectivity index (χ1) is 5.61. The highest BCUT2D eigenvalue weighted by atomic mass is 79.9. The molecule has 2 heterocycles. The third kappa shape index (κ3) is 0.942. The molecule has 2 aromatic rings. The first kappa shape index (κ1) is 8.25. The van der Waals surface area contributed by atoms with E-state index in [1.807, 2.05) is 13.8 Å². The molecule has 6 heteroatoms. The lowest BCUT2D eigenvalue weighted by Gasteiger charge is -1.84. The molecule has 64 valence electrons. The molecule has 0 bridgehead atoms. The molecule has 12 heavy (non-hydrogen) atoms. The van der Waals surface area contributed by atoms with Gasteiger partial charge < -0.3 is 0 Å². The van der Waals surface area contributed by atoms with Crippen molar-refractivity contribution in [3.05, 3.63) is 20.6 Å². The zero-order valence-corrected chi connectivity index (χ0v) is 9.72. The van der Waals surface area contributed by atoms with E-state index in [1.54, 1.807) is 9.26 Å². The van der Waals surface area contributed by atoms with Gasteiger partial charge in [0.15, 0.2) is 0 Å². The lowest BCUT2D eigenvalue weighted by atomic mass is 10.6. The van der Waals surface area contributed by atoms with Gasteiger partial charge in [0.1, 0.15) is 0 Å². The van der Waals surface area contributed by atoms with Crippen LogP contribution in [-0.4, -0.2) is 9.73 Å². The SMILES string of the molecule is Cc1nn2c(Br)c(C)[n-][n+]2c1Br. The Morgan fingerprint density at radius 2 is 2.08 bits per heavy atom. The van der Waals surface area contributed by atoms with E-state index in [0.717, 1.165) is 20.6 Å². The van der Waals surface area contributed by atoms with Crippen LogP contribution in [0, 0.1) is 13.8 Å². The quantitative estimate of drug-likeness (QED) is 0.680. The molecule has 2 aromatic heterocycles. The minimum Gasteiger partial charge on any atom is -0.274 e. The Labute approximate surface area is 85.8 Å². The number of hydrogen-bond acceptors (Lipinski definition) is 1. The zero-order valence-electron chi connectivity index (χ0n) is 6.54. The van der Waals surface area contributed by atoms with Gasteiger partial charge in [-0.15, -0.1) is 4.63 Å². The maximum atomic E-state index is 4.26. The van der Waals surface area contributed by atoms with E-state index >= 15 is 0 Å². The zero-order chi connectivity index (χ0) is 8.88. The smallest absolute Gasteiger partial charge is 0.228 e. The summed E-state index contributed by atoms with van der Waals surface area (Å²) in [4.78, 5) is 0. The Kier molecular flexibility index (Phi) is 1.76. The van der Waals surface area contributed by atoms with Crippen molar-refractivity contribution in [2.24, 2.45) is 0 Å². The number of fused-ring (bicyclic) bond motifs is 1. The molecule has 0 spiro atoms. The molecule has 0 radical (unpaired) electrons. The van der Waals surface area contributed by atoms with Crippen LogP contribution in [0.1, 0.15) is 11.4 Å². The maximum absolute atomic E-state index is 4.26. The normalized spacial score (nSPS) is 11.3. The molecule has 0 atom stereocenters. The van der Waals surface area contributed by atoms with Gasteiger partial charge in [0.2, 0.25) is 10.3 Å². The van der Waals surface area contributed by atoms with E-state index < -0.39 is 0 Å². The van der Waals surface area contributed by atoms with Gasteiger partial charge in [-0.25, -0.2) is 0 Å². The molecule has 4 nitrogen and oxygen atoms in total. The Morgan fingerprint density at radius 3 is 2.67 bits per heavy atom. The summed E-state index contributed by atoms with van der Waals surface area (Å²) in [5.74, 6) is 0. The molecule has 0 aliphatic heterocycles. The Bertz CT molecular complexity index is 400. The van der Waals surface area contributed by atoms with E-state index in [4.69, 9.17) is 0 Å². The van der Waals surface area contributed by atoms with Crippen LogP contribution in [0.2, 0.25) is 0 Å². The van der Waals surface area contributed by atoms with Crippen molar-refractivity contribution < 1.29 is 4.63 Å². The number of aryl methyl sites for hydroxylation is 2. The van der Waals surface area contributed by atoms with E-state index in [1.165, 1.54) is 0 Å². The molecular formula is C6H6Br2N4. The van der Waals surface area contributed by atoms with Gasteiger partial charge in [0.25, 0.3) is 0 Å². The van der Waals surface area contributed by atoms with Crippen LogP contribution in [0.15, 0.2) is 9.21 Å². The van der Waals surface area contributed by atoms with Gasteiger partial charge in [-0.05, 0) is 33.6 Å². The van der Waals surface area contributed by atoms with Gasteiger partial charge in [-0.3, -0.25) is 5.10 Å². The minimum atomic E-state index is 0.885. The molecule has 0 amide bonds. The van der Waals surface area contributed by atoms with E-state index in [9.17, 15) is 0 Å². The Balaban J connectivity index is 2.93. The summed E-state index contributed by atoms with van der Waals surface area (Å²) in [6, 6.07) is 0. The van der Waals surface area contributed by atoms with Crippen molar-refractivity contribution in [1.29, 1.82) is 0 Å². The topological polar surface area (TPSA) is 35.5 Å². The lowest BCUT2D eigenvalue weighted by molar-refractivity contribution is -0.692. The molecule has 2 rings (SSSR count). The highest BCUT2D eigenvalue weighted by Gasteiger charge is 2.13. The van der Waals surface area contributed by atoms with Crippen LogP contribution in [-0.2, 0) is 0 Å². The van der Waals surface area contributed by atoms with Crippen LogP contribution in [0.25, 0.3) is 0 Å². The third-order valence-corrected chi connectivity index (χ3v) is 3.40. The molecule has 0 saturated carbocycles. The fourth-order valence-corrected chi connectivity index (χ4v) is 1.61. The van der Waals surface area contributed by atoms with Crippen LogP contribution < -0.4 is 9.73 Å². The van der Waals surface area contributed by atoms with Crippen molar-refractivity contribution >= 4 is 31.9 Å². The number of nitrogens with zero attached hydrogens (tertiary/aromatic N) is 4. The van der Waals surface area contributed by atoms with Crippen molar-refractivity contribution in [1.82, 2.24) is 14.8 Å². The fraction of sp³-hybridized carbons (Fsp3) is 0.333. The third-order valence-electron chi connectivity index (χ3n) is 1.62. The molecule has 0 saturated heterocycles. The predicted octanol–water partition coefficient (Wildman–Crippen LogP) is 1.02. The van der Waals surface area contributed by atoms with Gasteiger partial charge >= 0.3 is 0 Å². The van der Waals surface area contributed by atoms with Crippen molar-refractivity contribution in [3.8, 4) is 0 Å². The summed E-state index contributed by atoms with van der Waals surface area (Å²) >= 11 is 6.79. The van der Waals surface area contributed by atoms with E-state index in [2.05, 4.69) is 42.1 Å². The average molecular weight is 294 g/mol. The van der Waals surface area contributed by atoms with Crippen LogP contribution in [0.3, 0.4) is 0 Å². The molecular weight excluding hydrogens is 288 g/mol. The highest BCUT2D eigenvalue weighted by Crippen LogP contribution is 2.13. The monoisotopic (exact) mass is 292 g/mol. The van der Waals surface area contributed by atoms with E-state index in [-0.39, 0.29) is 0 Å². The van der Waals surface area contributed by atoms with Gasteiger partial charge in [0, 0.05) is 22.9 Å². The number of rotatable bonds is 0. The van der Waals surface area contributed by atoms with Gasteiger partial charge in [0.05, 0.1) is 4.60 Å². The Hall–Kier alpha value is -0.360. The first-order valence-electron chi connectivity index (χ1n) is 3.37. The van der Waals surface area contributed by atoms with Crippen LogP contribution >= 0.6 is 31.9 Å². The summed E-state index contributed by atoms with van der Waals surface area (Å²) in [6.45, 7) is 3.85. The first-order valence-corrected chi connectivity index (χ1v) is 4.96. The number of aromatic nitrogens is 4. The number of halogens is 2. The molecule has 0 unspecified atom stereocenters. The molecule has 0 aromatic carbocycles. The summed E-state index contributed by atoms with van der Waals surface area (Å²) in [6.07, 6.45) is 0. The van der Waals surface area contributed by atoms with Crippen LogP contribution in [0.5, 0.6) is 0 Å². The lowest BCUT2D eigenvalue weighted by Crippen LogP contribution is -2.31. The fourth-order valence-electron chi connectivity index (χ4n) is 0.995. The summed E-state index contributed by atoms with van der Waals surface area (Å²) in [5, 5.41) is 8.51. The summed E-state index contributed by atoms with van der Waals surface area (Å²) in [7, 11) is 0. The molecule has 0 fully saturated rings. The maximum Gasteiger partial charge on any atom is 0.228 e. The predicted molar refractivity (Wildman–Crippen MR) is 49.0 cm³/mol. The molecule has 0 N–H and O–H groups in total. The molecule has 0 aliphatic carbocycles. The van der Waals surface area contributed by atoms with Gasteiger partial charge in [-0.1, -0.05) is 0 Å². The van der Waals surface area contributed by atoms with Crippen LogP contribution in [0.4, 0.5) is 0 Å². The van der Waals surface area contributed by atoms with E-state index in [0.29, 0.717) is 0 Å². The number of hydrogen-bond donors (Lipinski definition) is 0. The summed E-state index contributed by atoms with van der Waals surface area (Å²) in [5.41, 5.74) is 1.84. The summed E-state index contributed by atoms with van der Waals surface area (Å²) < 4.78 is 5.18. The molecule has 0 aliphatic rings. The second-order valence-corrected chi connectivity index (χ2v) is 4.03. The minimum absolute atomic E-state index is 0.885. The highest BCUT2D eigenvalue weighted by molar-refractivity contribution is 9.10. The van der Waals surface area contributed by atoms with Crippen molar-refractivity contribution in [3.63, 3.8) is 0 Å². The largest absolute Gasteiger partial charge is 0.274 e. The van der Waals surface area contributed by atoms with Gasteiger partial charge in [-0.2, -0.15) is 4.63 Å². The van der Waals surface area contributed by atoms with Crippen molar-refractivity contribution in [2.45, 2.75) is 13.8 Å². The Morgan fingerprint density at radius 1 is 1.42 bits per heavy atom.